The third-order valence-electron chi connectivity index (χ3n) is 5.70. The van der Waals surface area contributed by atoms with Gasteiger partial charge in [-0.25, -0.2) is 9.97 Å². The SMILES string of the molecule is COc1nc2c(c(C)c1C#N)CCCC2Nc1ccc2[nH]nc(-c3cnco3)c2c1. The Bertz CT molecular complexity index is 1270. The molecular formula is C22H20N6O2. The quantitative estimate of drug-likeness (QED) is 0.525. The number of nitriles is 1. The van der Waals surface area contributed by atoms with Crippen LogP contribution in [0.2, 0.25) is 0 Å². The highest BCUT2D eigenvalue weighted by molar-refractivity contribution is 5.93. The summed E-state index contributed by atoms with van der Waals surface area (Å²) >= 11 is 0. The van der Waals surface area contributed by atoms with Crippen LogP contribution in [-0.4, -0.2) is 27.3 Å². The van der Waals surface area contributed by atoms with E-state index in [0.29, 0.717) is 17.2 Å². The van der Waals surface area contributed by atoms with Crippen LogP contribution in [0.3, 0.4) is 0 Å². The van der Waals surface area contributed by atoms with Gasteiger partial charge in [0.15, 0.2) is 12.2 Å². The molecule has 3 heterocycles. The first-order valence-corrected chi connectivity index (χ1v) is 9.80. The Morgan fingerprint density at radius 2 is 2.27 bits per heavy atom. The molecule has 1 atom stereocenters. The molecule has 0 fully saturated rings. The summed E-state index contributed by atoms with van der Waals surface area (Å²) in [5.74, 6) is 1.01. The van der Waals surface area contributed by atoms with E-state index < -0.39 is 0 Å². The smallest absolute Gasteiger partial charge is 0.231 e. The van der Waals surface area contributed by atoms with Crippen LogP contribution in [0.25, 0.3) is 22.4 Å². The molecule has 8 heteroatoms. The first-order chi connectivity index (χ1) is 14.7. The van der Waals surface area contributed by atoms with Crippen molar-refractivity contribution in [3.63, 3.8) is 0 Å². The summed E-state index contributed by atoms with van der Waals surface area (Å²) in [6.45, 7) is 1.98. The number of oxazole rings is 1. The molecule has 0 bridgehead atoms. The fourth-order valence-electron chi connectivity index (χ4n) is 4.21. The van der Waals surface area contributed by atoms with Crippen LogP contribution in [0.15, 0.2) is 35.2 Å². The van der Waals surface area contributed by atoms with Crippen LogP contribution in [0, 0.1) is 18.3 Å². The van der Waals surface area contributed by atoms with Gasteiger partial charge < -0.3 is 14.5 Å². The van der Waals surface area contributed by atoms with Gasteiger partial charge in [-0.2, -0.15) is 10.4 Å². The normalized spacial score (nSPS) is 15.6. The molecule has 0 amide bonds. The van der Waals surface area contributed by atoms with Crippen LogP contribution in [0.4, 0.5) is 5.69 Å². The van der Waals surface area contributed by atoms with Gasteiger partial charge in [-0.1, -0.05) is 0 Å². The highest BCUT2D eigenvalue weighted by Gasteiger charge is 2.27. The van der Waals surface area contributed by atoms with E-state index in [4.69, 9.17) is 14.1 Å². The molecule has 1 aliphatic carbocycles. The van der Waals surface area contributed by atoms with Crippen LogP contribution < -0.4 is 10.1 Å². The minimum atomic E-state index is 0.0344. The molecule has 3 aromatic heterocycles. The Morgan fingerprint density at radius 1 is 1.37 bits per heavy atom. The lowest BCUT2D eigenvalue weighted by Gasteiger charge is -2.28. The van der Waals surface area contributed by atoms with E-state index in [1.54, 1.807) is 13.3 Å². The molecule has 1 aromatic carbocycles. The van der Waals surface area contributed by atoms with E-state index in [2.05, 4.69) is 32.6 Å². The van der Waals surface area contributed by atoms with Crippen molar-refractivity contribution in [3.8, 4) is 23.4 Å². The zero-order valence-electron chi connectivity index (χ0n) is 16.7. The van der Waals surface area contributed by atoms with E-state index in [9.17, 15) is 5.26 Å². The lowest BCUT2D eigenvalue weighted by Crippen LogP contribution is -2.21. The molecule has 5 rings (SSSR count). The molecule has 0 saturated heterocycles. The van der Waals surface area contributed by atoms with Crippen LogP contribution in [0.1, 0.15) is 41.3 Å². The first-order valence-electron chi connectivity index (χ1n) is 9.80. The summed E-state index contributed by atoms with van der Waals surface area (Å²) in [6, 6.07) is 8.34. The molecular weight excluding hydrogens is 380 g/mol. The lowest BCUT2D eigenvalue weighted by atomic mass is 9.87. The number of ether oxygens (including phenoxy) is 1. The summed E-state index contributed by atoms with van der Waals surface area (Å²) in [4.78, 5) is 8.69. The van der Waals surface area contributed by atoms with Crippen molar-refractivity contribution in [2.45, 2.75) is 32.2 Å². The van der Waals surface area contributed by atoms with Gasteiger partial charge in [-0.15, -0.1) is 0 Å². The highest BCUT2D eigenvalue weighted by Crippen LogP contribution is 2.37. The molecule has 0 saturated carbocycles. The van der Waals surface area contributed by atoms with Crippen molar-refractivity contribution in [3.05, 3.63) is 53.2 Å². The number of fused-ring (bicyclic) bond motifs is 2. The van der Waals surface area contributed by atoms with E-state index in [0.717, 1.165) is 58.4 Å². The Balaban J connectivity index is 1.53. The molecule has 8 nitrogen and oxygen atoms in total. The number of aromatic amines is 1. The number of hydrogen-bond acceptors (Lipinski definition) is 7. The lowest BCUT2D eigenvalue weighted by molar-refractivity contribution is 0.391. The zero-order chi connectivity index (χ0) is 20.7. The van der Waals surface area contributed by atoms with Gasteiger partial charge in [-0.05, 0) is 55.5 Å². The van der Waals surface area contributed by atoms with Crippen molar-refractivity contribution >= 4 is 16.6 Å². The first kappa shape index (κ1) is 18.2. The number of nitrogens with one attached hydrogen (secondary N) is 2. The molecule has 4 aromatic rings. The molecule has 1 aliphatic rings. The number of benzene rings is 1. The van der Waals surface area contributed by atoms with Gasteiger partial charge in [0.2, 0.25) is 5.88 Å². The number of methoxy groups -OCH3 is 1. The van der Waals surface area contributed by atoms with Gasteiger partial charge in [-0.3, -0.25) is 5.10 Å². The largest absolute Gasteiger partial charge is 0.480 e. The monoisotopic (exact) mass is 400 g/mol. The van der Waals surface area contributed by atoms with Crippen LogP contribution in [-0.2, 0) is 6.42 Å². The van der Waals surface area contributed by atoms with Gasteiger partial charge in [0.1, 0.15) is 17.3 Å². The Morgan fingerprint density at radius 3 is 3.03 bits per heavy atom. The fraction of sp³-hybridized carbons (Fsp3) is 0.273. The second-order valence-electron chi connectivity index (χ2n) is 7.38. The van der Waals surface area contributed by atoms with Crippen LogP contribution in [0.5, 0.6) is 5.88 Å². The van der Waals surface area contributed by atoms with Gasteiger partial charge in [0.25, 0.3) is 0 Å². The topological polar surface area (TPSA) is 113 Å². The number of pyridine rings is 1. The summed E-state index contributed by atoms with van der Waals surface area (Å²) in [5.41, 5.74) is 6.19. The van der Waals surface area contributed by atoms with Gasteiger partial charge in [0.05, 0.1) is 30.6 Å². The number of anilines is 1. The minimum absolute atomic E-state index is 0.0344. The van der Waals surface area contributed by atoms with Crippen LogP contribution >= 0.6 is 0 Å². The summed E-state index contributed by atoms with van der Waals surface area (Å²) in [6.07, 6.45) is 5.95. The van der Waals surface area contributed by atoms with Crippen molar-refractivity contribution in [1.29, 1.82) is 5.26 Å². The number of hydrogen-bond donors (Lipinski definition) is 2. The van der Waals surface area contributed by atoms with E-state index >= 15 is 0 Å². The highest BCUT2D eigenvalue weighted by atomic mass is 16.5. The van der Waals surface area contributed by atoms with Gasteiger partial charge in [0, 0.05) is 11.1 Å². The molecule has 30 heavy (non-hydrogen) atoms. The minimum Gasteiger partial charge on any atom is -0.480 e. The molecule has 150 valence electrons. The fourth-order valence-corrected chi connectivity index (χ4v) is 4.21. The van der Waals surface area contributed by atoms with Gasteiger partial charge >= 0.3 is 0 Å². The predicted octanol–water partition coefficient (Wildman–Crippen LogP) is 4.29. The maximum absolute atomic E-state index is 9.51. The van der Waals surface area contributed by atoms with E-state index in [1.807, 2.05) is 19.1 Å². The number of rotatable bonds is 4. The molecule has 0 aliphatic heterocycles. The standard InChI is InChI=1S/C22H20N6O2/c1-12-14-4-3-5-18(20(14)26-22(29-2)16(12)9-23)25-13-6-7-17-15(8-13)21(28-27-17)19-10-24-11-30-19/h6-8,10-11,18,25H,3-5H2,1-2H3,(H,27,28). The van der Waals surface area contributed by atoms with Crippen molar-refractivity contribution < 1.29 is 9.15 Å². The second kappa shape index (κ2) is 7.19. The third kappa shape index (κ3) is 2.87. The van der Waals surface area contributed by atoms with E-state index in [1.165, 1.54) is 6.39 Å². The summed E-state index contributed by atoms with van der Waals surface area (Å²) < 4.78 is 10.8. The maximum atomic E-state index is 9.51. The maximum Gasteiger partial charge on any atom is 0.231 e. The van der Waals surface area contributed by atoms with Crippen molar-refractivity contribution in [2.75, 3.05) is 12.4 Å². The zero-order valence-corrected chi connectivity index (χ0v) is 16.7. The average molecular weight is 400 g/mol. The van der Waals surface area contributed by atoms with Crippen molar-refractivity contribution in [1.82, 2.24) is 20.2 Å². The number of nitrogens with zero attached hydrogens (tertiary/aromatic N) is 4. The third-order valence-corrected chi connectivity index (χ3v) is 5.70. The Kier molecular flexibility index (Phi) is 4.36. The Labute approximate surface area is 172 Å². The van der Waals surface area contributed by atoms with Crippen molar-refractivity contribution in [2.24, 2.45) is 0 Å². The molecule has 0 spiro atoms. The second-order valence-corrected chi connectivity index (χ2v) is 7.38. The average Bonchev–Trinajstić information content (AvgIpc) is 3.43. The number of H-pyrrole nitrogens is 1. The predicted molar refractivity (Wildman–Crippen MR) is 111 cm³/mol. The summed E-state index contributed by atoms with van der Waals surface area (Å²) in [7, 11) is 1.55. The number of aromatic nitrogens is 4. The summed E-state index contributed by atoms with van der Waals surface area (Å²) in [5, 5.41) is 21.5. The molecule has 0 radical (unpaired) electrons. The Hall–Kier alpha value is -3.86. The molecule has 2 N–H and O–H groups in total. The van der Waals surface area contributed by atoms with E-state index in [-0.39, 0.29) is 6.04 Å². The molecule has 1 unspecified atom stereocenters.